The van der Waals surface area contributed by atoms with Crippen LogP contribution in [0.3, 0.4) is 0 Å². The van der Waals surface area contributed by atoms with Gasteiger partial charge in [-0.3, -0.25) is 4.79 Å². The molecule has 0 unspecified atom stereocenters. The van der Waals surface area contributed by atoms with Gasteiger partial charge in [-0.1, -0.05) is 33.3 Å². The Morgan fingerprint density at radius 2 is 2.12 bits per heavy atom. The van der Waals surface area contributed by atoms with Crippen LogP contribution in [-0.2, 0) is 5.41 Å². The molecule has 1 aromatic carbocycles. The van der Waals surface area contributed by atoms with Gasteiger partial charge in [0, 0.05) is 12.0 Å². The minimum Gasteiger partial charge on any atom is -0.494 e. The molecule has 0 fully saturated rings. The summed E-state index contributed by atoms with van der Waals surface area (Å²) in [5, 5.41) is 0. The molecule has 2 nitrogen and oxygen atoms in total. The number of hydrogen-bond donors (Lipinski definition) is 0. The standard InChI is InChI=1S/C15H20O2/c1-4-5-8-17-11-6-7-13-12(9-11)14(16)10-15(13,2)3/h6-7,9H,4-5,8,10H2,1-3H3. The van der Waals surface area contributed by atoms with Crippen molar-refractivity contribution in [3.05, 3.63) is 29.3 Å². The van der Waals surface area contributed by atoms with Crippen molar-refractivity contribution >= 4 is 5.78 Å². The Bertz CT molecular complexity index is 433. The van der Waals surface area contributed by atoms with E-state index in [-0.39, 0.29) is 11.2 Å². The summed E-state index contributed by atoms with van der Waals surface area (Å²) in [6, 6.07) is 5.93. The molecule has 92 valence electrons. The van der Waals surface area contributed by atoms with Gasteiger partial charge in [0.25, 0.3) is 0 Å². The molecule has 0 bridgehead atoms. The Kier molecular flexibility index (Phi) is 3.23. The molecule has 2 rings (SSSR count). The lowest BCUT2D eigenvalue weighted by Gasteiger charge is -2.17. The number of Topliss-reactive ketones (excluding diaryl/α,β-unsaturated/α-hetero) is 1. The molecule has 0 radical (unpaired) electrons. The first-order valence-corrected chi connectivity index (χ1v) is 6.35. The monoisotopic (exact) mass is 232 g/mol. The number of ketones is 1. The van der Waals surface area contributed by atoms with Crippen molar-refractivity contribution in [3.63, 3.8) is 0 Å². The fourth-order valence-corrected chi connectivity index (χ4v) is 2.36. The summed E-state index contributed by atoms with van der Waals surface area (Å²) in [6.07, 6.45) is 2.79. The van der Waals surface area contributed by atoms with Crippen LogP contribution in [0.15, 0.2) is 18.2 Å². The Balaban J connectivity index is 2.20. The van der Waals surface area contributed by atoms with E-state index in [0.717, 1.165) is 36.3 Å². The van der Waals surface area contributed by atoms with Crippen LogP contribution < -0.4 is 4.74 Å². The van der Waals surface area contributed by atoms with Gasteiger partial charge in [-0.2, -0.15) is 0 Å². The van der Waals surface area contributed by atoms with E-state index < -0.39 is 0 Å². The minimum absolute atomic E-state index is 0.0195. The maximum absolute atomic E-state index is 11.9. The van der Waals surface area contributed by atoms with Crippen LogP contribution >= 0.6 is 0 Å². The maximum Gasteiger partial charge on any atom is 0.164 e. The van der Waals surface area contributed by atoms with Crippen LogP contribution in [0.25, 0.3) is 0 Å². The summed E-state index contributed by atoms with van der Waals surface area (Å²) >= 11 is 0. The zero-order valence-corrected chi connectivity index (χ0v) is 10.9. The lowest BCUT2D eigenvalue weighted by molar-refractivity contribution is 0.0979. The van der Waals surface area contributed by atoms with E-state index >= 15 is 0 Å². The third kappa shape index (κ3) is 2.36. The highest BCUT2D eigenvalue weighted by Gasteiger charge is 2.35. The predicted molar refractivity (Wildman–Crippen MR) is 68.8 cm³/mol. The normalized spacial score (nSPS) is 17.0. The highest BCUT2D eigenvalue weighted by Crippen LogP contribution is 2.39. The SMILES string of the molecule is CCCCOc1ccc2c(c1)C(=O)CC2(C)C. The molecule has 1 aromatic rings. The van der Waals surface area contributed by atoms with Crippen molar-refractivity contribution in [3.8, 4) is 5.75 Å². The number of ether oxygens (including phenoxy) is 1. The lowest BCUT2D eigenvalue weighted by atomic mass is 9.87. The number of rotatable bonds is 4. The third-order valence-corrected chi connectivity index (χ3v) is 3.39. The van der Waals surface area contributed by atoms with E-state index in [1.165, 1.54) is 0 Å². The molecule has 1 aliphatic rings. The first-order valence-electron chi connectivity index (χ1n) is 6.35. The van der Waals surface area contributed by atoms with Crippen molar-refractivity contribution in [2.75, 3.05) is 6.61 Å². The molecule has 0 aromatic heterocycles. The largest absolute Gasteiger partial charge is 0.494 e. The summed E-state index contributed by atoms with van der Waals surface area (Å²) in [4.78, 5) is 11.9. The van der Waals surface area contributed by atoms with Gasteiger partial charge >= 0.3 is 0 Å². The second-order valence-electron chi connectivity index (χ2n) is 5.39. The smallest absolute Gasteiger partial charge is 0.164 e. The molecule has 0 amide bonds. The molecule has 1 aliphatic carbocycles. The Hall–Kier alpha value is -1.31. The first-order chi connectivity index (χ1) is 8.04. The van der Waals surface area contributed by atoms with E-state index in [1.54, 1.807) is 0 Å². The van der Waals surface area contributed by atoms with Gasteiger partial charge in [-0.25, -0.2) is 0 Å². The van der Waals surface area contributed by atoms with E-state index in [4.69, 9.17) is 4.74 Å². The fraction of sp³-hybridized carbons (Fsp3) is 0.533. The van der Waals surface area contributed by atoms with Crippen molar-refractivity contribution in [1.82, 2.24) is 0 Å². The van der Waals surface area contributed by atoms with Crippen LogP contribution in [0.1, 0.15) is 56.0 Å². The molecule has 2 heteroatoms. The second kappa shape index (κ2) is 4.52. The molecule has 0 N–H and O–H groups in total. The van der Waals surface area contributed by atoms with Crippen LogP contribution in [0.2, 0.25) is 0 Å². The molecule has 17 heavy (non-hydrogen) atoms. The second-order valence-corrected chi connectivity index (χ2v) is 5.39. The molecule has 0 saturated heterocycles. The fourth-order valence-electron chi connectivity index (χ4n) is 2.36. The third-order valence-electron chi connectivity index (χ3n) is 3.39. The maximum atomic E-state index is 11.9. The van der Waals surface area contributed by atoms with Crippen LogP contribution in [0.4, 0.5) is 0 Å². The highest BCUT2D eigenvalue weighted by molar-refractivity contribution is 6.02. The lowest BCUT2D eigenvalue weighted by Crippen LogP contribution is -2.12. The van der Waals surface area contributed by atoms with Gasteiger partial charge < -0.3 is 4.74 Å². The average molecular weight is 232 g/mol. The van der Waals surface area contributed by atoms with Gasteiger partial charge in [0.05, 0.1) is 6.61 Å². The molecule has 0 aliphatic heterocycles. The summed E-state index contributed by atoms with van der Waals surface area (Å²) in [7, 11) is 0. The molecule has 0 heterocycles. The zero-order valence-electron chi connectivity index (χ0n) is 10.9. The number of hydrogen-bond acceptors (Lipinski definition) is 2. The molecular weight excluding hydrogens is 212 g/mol. The number of unbranched alkanes of at least 4 members (excludes halogenated alkanes) is 1. The zero-order chi connectivity index (χ0) is 12.5. The summed E-state index contributed by atoms with van der Waals surface area (Å²) in [6.45, 7) is 7.10. The summed E-state index contributed by atoms with van der Waals surface area (Å²) in [5.74, 6) is 1.06. The Morgan fingerprint density at radius 1 is 1.35 bits per heavy atom. The van der Waals surface area contributed by atoms with Gasteiger partial charge in [-0.15, -0.1) is 0 Å². The van der Waals surface area contributed by atoms with Gasteiger partial charge in [0.15, 0.2) is 5.78 Å². The number of carbonyl (C=O) groups is 1. The van der Waals surface area contributed by atoms with Crippen molar-refractivity contribution < 1.29 is 9.53 Å². The van der Waals surface area contributed by atoms with Crippen molar-refractivity contribution in [2.45, 2.75) is 45.4 Å². The van der Waals surface area contributed by atoms with E-state index in [2.05, 4.69) is 20.8 Å². The molecular formula is C15H20O2. The van der Waals surface area contributed by atoms with E-state index in [1.807, 2.05) is 18.2 Å². The number of carbonyl (C=O) groups excluding carboxylic acids is 1. The molecule has 0 atom stereocenters. The quantitative estimate of drug-likeness (QED) is 0.739. The minimum atomic E-state index is -0.0195. The van der Waals surface area contributed by atoms with Crippen LogP contribution in [-0.4, -0.2) is 12.4 Å². The van der Waals surface area contributed by atoms with E-state index in [9.17, 15) is 4.79 Å². The van der Waals surface area contributed by atoms with Crippen molar-refractivity contribution in [1.29, 1.82) is 0 Å². The Morgan fingerprint density at radius 3 is 2.82 bits per heavy atom. The van der Waals surface area contributed by atoms with E-state index in [0.29, 0.717) is 6.42 Å². The topological polar surface area (TPSA) is 26.3 Å². The van der Waals surface area contributed by atoms with Crippen LogP contribution in [0, 0.1) is 0 Å². The van der Waals surface area contributed by atoms with Crippen molar-refractivity contribution in [2.24, 2.45) is 0 Å². The Labute approximate surface area is 103 Å². The molecule has 0 saturated carbocycles. The van der Waals surface area contributed by atoms with Gasteiger partial charge in [0.2, 0.25) is 0 Å². The summed E-state index contributed by atoms with van der Waals surface area (Å²) in [5.41, 5.74) is 1.99. The highest BCUT2D eigenvalue weighted by atomic mass is 16.5. The van der Waals surface area contributed by atoms with Gasteiger partial charge in [0.1, 0.15) is 5.75 Å². The number of fused-ring (bicyclic) bond motifs is 1. The summed E-state index contributed by atoms with van der Waals surface area (Å²) < 4.78 is 5.64. The number of benzene rings is 1. The first kappa shape index (κ1) is 12.2. The molecule has 0 spiro atoms. The average Bonchev–Trinajstić information content (AvgIpc) is 2.50. The predicted octanol–water partition coefficient (Wildman–Crippen LogP) is 3.73. The van der Waals surface area contributed by atoms with Crippen LogP contribution in [0.5, 0.6) is 5.75 Å². The van der Waals surface area contributed by atoms with Gasteiger partial charge in [-0.05, 0) is 29.5 Å².